The summed E-state index contributed by atoms with van der Waals surface area (Å²) in [6.07, 6.45) is 12.5. The summed E-state index contributed by atoms with van der Waals surface area (Å²) in [4.78, 5) is 10.8. The van der Waals surface area contributed by atoms with Gasteiger partial charge in [-0.1, -0.05) is 49.9 Å². The highest BCUT2D eigenvalue weighted by atomic mass is 19.1. The van der Waals surface area contributed by atoms with Crippen LogP contribution in [0.5, 0.6) is 0 Å². The molecule has 7 heteroatoms. The number of benzene rings is 2. The molecule has 0 unspecified atom stereocenters. The summed E-state index contributed by atoms with van der Waals surface area (Å²) in [7, 11) is 0. The number of H-pyrrole nitrogens is 2. The van der Waals surface area contributed by atoms with E-state index in [4.69, 9.17) is 0 Å². The molecule has 3 N–H and O–H groups in total. The maximum Gasteiger partial charge on any atom is 0.181 e. The lowest BCUT2D eigenvalue weighted by Crippen LogP contribution is -2.20. The van der Waals surface area contributed by atoms with Crippen molar-refractivity contribution in [3.05, 3.63) is 102 Å². The molecule has 1 saturated heterocycles. The Hall–Kier alpha value is -4.33. The number of fused-ring (bicyclic) bond motifs is 2. The number of aromatic amines is 2. The van der Waals surface area contributed by atoms with Gasteiger partial charge in [0.2, 0.25) is 0 Å². The predicted octanol–water partition coefficient (Wildman–Crippen LogP) is 8.07. The fraction of sp³-hybridized carbons (Fsp3) is 0.297. The van der Waals surface area contributed by atoms with Crippen LogP contribution in [0.2, 0.25) is 0 Å². The summed E-state index contributed by atoms with van der Waals surface area (Å²) >= 11 is 0. The molecule has 0 aliphatic carbocycles. The molecule has 0 radical (unpaired) electrons. The van der Waals surface area contributed by atoms with Crippen LogP contribution in [0.3, 0.4) is 0 Å². The molecule has 4 heterocycles. The predicted molar refractivity (Wildman–Crippen MR) is 181 cm³/mol. The molecule has 0 amide bonds. The summed E-state index contributed by atoms with van der Waals surface area (Å²) in [5, 5.41) is 13.0. The van der Waals surface area contributed by atoms with Crippen LogP contribution in [0, 0.1) is 5.82 Å². The van der Waals surface area contributed by atoms with Crippen LogP contribution in [0.15, 0.2) is 85.1 Å². The van der Waals surface area contributed by atoms with E-state index in [1.807, 2.05) is 25.3 Å². The summed E-state index contributed by atoms with van der Waals surface area (Å²) in [6.45, 7) is 13.2. The van der Waals surface area contributed by atoms with E-state index in [0.29, 0.717) is 5.65 Å². The first-order valence-corrected chi connectivity index (χ1v) is 15.7. The average Bonchev–Trinajstić information content (AvgIpc) is 3.80. The molecule has 0 saturated carbocycles. The third-order valence-corrected chi connectivity index (χ3v) is 8.58. The standard InChI is InChI=1S/C37H41FN6/c1-4-25(23-39-6-3)17-27(5-2)29-21-33-36(42-43-37(33)40-24-29)35-22-32-31(12-9-13-34(32)41-35)28-18-26(19-30(38)20-28)11-10-16-44-14-7-8-15-44/h4-5,9,12-13,17-22,24,39,41H,1,6-8,10-11,14-16,23H2,2-3H3,(H,40,42,43)/b25-17+,27-5+. The van der Waals surface area contributed by atoms with Crippen LogP contribution >= 0.6 is 0 Å². The molecule has 1 aliphatic rings. The zero-order chi connectivity index (χ0) is 30.5. The number of likely N-dealkylation sites (N-methyl/N-ethyl adjacent to an activating group) is 1. The molecule has 1 aliphatic heterocycles. The van der Waals surface area contributed by atoms with Gasteiger partial charge in [-0.25, -0.2) is 9.37 Å². The zero-order valence-corrected chi connectivity index (χ0v) is 25.7. The third kappa shape index (κ3) is 6.44. The fourth-order valence-electron chi connectivity index (χ4n) is 6.25. The van der Waals surface area contributed by atoms with E-state index in [0.717, 1.165) is 93.6 Å². The number of aromatic nitrogens is 4. The lowest BCUT2D eigenvalue weighted by Gasteiger charge is -2.14. The molecule has 3 aromatic heterocycles. The van der Waals surface area contributed by atoms with Gasteiger partial charge in [0.05, 0.1) is 11.4 Å². The van der Waals surface area contributed by atoms with E-state index in [1.165, 1.54) is 25.9 Å². The fourth-order valence-corrected chi connectivity index (χ4v) is 6.25. The summed E-state index contributed by atoms with van der Waals surface area (Å²) in [5.41, 5.74) is 9.56. The summed E-state index contributed by atoms with van der Waals surface area (Å²) in [5.74, 6) is -0.191. The molecule has 44 heavy (non-hydrogen) atoms. The Bertz CT molecular complexity index is 1840. The van der Waals surface area contributed by atoms with Gasteiger partial charge in [-0.15, -0.1) is 0 Å². The summed E-state index contributed by atoms with van der Waals surface area (Å²) < 4.78 is 14.9. The van der Waals surface area contributed by atoms with E-state index >= 15 is 0 Å². The minimum absolute atomic E-state index is 0.191. The van der Waals surface area contributed by atoms with Crippen LogP contribution in [0.1, 0.15) is 44.2 Å². The highest BCUT2D eigenvalue weighted by molar-refractivity contribution is 6.01. The number of likely N-dealkylation sites (tertiary alicyclic amines) is 1. The maximum absolute atomic E-state index is 14.9. The highest BCUT2D eigenvalue weighted by Crippen LogP contribution is 2.35. The maximum atomic E-state index is 14.9. The quantitative estimate of drug-likeness (QED) is 0.129. The Kier molecular flexibility index (Phi) is 9.15. The molecule has 1 fully saturated rings. The first kappa shape index (κ1) is 29.7. The second kappa shape index (κ2) is 13.5. The van der Waals surface area contributed by atoms with Crippen molar-refractivity contribution in [2.24, 2.45) is 0 Å². The first-order valence-electron chi connectivity index (χ1n) is 15.7. The van der Waals surface area contributed by atoms with Gasteiger partial charge < -0.3 is 15.2 Å². The van der Waals surface area contributed by atoms with Crippen molar-refractivity contribution in [2.45, 2.75) is 39.5 Å². The van der Waals surface area contributed by atoms with Crippen LogP contribution < -0.4 is 5.32 Å². The van der Waals surface area contributed by atoms with E-state index in [-0.39, 0.29) is 5.82 Å². The Morgan fingerprint density at radius 2 is 1.98 bits per heavy atom. The molecule has 6 rings (SSSR count). The molecule has 2 aromatic carbocycles. The number of allylic oxidation sites excluding steroid dienone is 3. The van der Waals surface area contributed by atoms with E-state index in [9.17, 15) is 4.39 Å². The van der Waals surface area contributed by atoms with Crippen LogP contribution in [0.25, 0.3) is 50.0 Å². The van der Waals surface area contributed by atoms with Crippen molar-refractivity contribution < 1.29 is 4.39 Å². The van der Waals surface area contributed by atoms with E-state index in [2.05, 4.69) is 86.4 Å². The number of pyridine rings is 1. The molecule has 0 bridgehead atoms. The number of hydrogen-bond acceptors (Lipinski definition) is 4. The Labute approximate surface area is 258 Å². The van der Waals surface area contributed by atoms with Crippen LogP contribution in [-0.2, 0) is 6.42 Å². The van der Waals surface area contributed by atoms with Gasteiger partial charge in [-0.2, -0.15) is 5.10 Å². The van der Waals surface area contributed by atoms with Crippen molar-refractivity contribution in [1.82, 2.24) is 30.4 Å². The third-order valence-electron chi connectivity index (χ3n) is 8.58. The lowest BCUT2D eigenvalue weighted by molar-refractivity contribution is 0.334. The molecule has 0 atom stereocenters. The number of nitrogens with zero attached hydrogens (tertiary/aromatic N) is 3. The SMILES string of the molecule is C=C/C(=C\C(=C/C)c1cnc2n[nH]c(-c3cc4c(-c5cc(F)cc(CCCN6CCCC6)c5)cccc4[nH]3)c2c1)CNCC. The van der Waals surface area contributed by atoms with E-state index < -0.39 is 0 Å². The lowest BCUT2D eigenvalue weighted by atomic mass is 9.97. The normalized spacial score (nSPS) is 14.7. The molecule has 6 nitrogen and oxygen atoms in total. The van der Waals surface area contributed by atoms with Crippen molar-refractivity contribution >= 4 is 27.5 Å². The number of rotatable bonds is 12. The largest absolute Gasteiger partial charge is 0.353 e. The molecule has 0 spiro atoms. The molecule has 226 valence electrons. The van der Waals surface area contributed by atoms with Gasteiger partial charge in [-0.05, 0) is 117 Å². The van der Waals surface area contributed by atoms with Crippen molar-refractivity contribution in [1.29, 1.82) is 0 Å². The van der Waals surface area contributed by atoms with Gasteiger partial charge in [0.1, 0.15) is 5.82 Å². The number of nitrogens with one attached hydrogen (secondary N) is 3. The Balaban J connectivity index is 1.32. The van der Waals surface area contributed by atoms with Crippen molar-refractivity contribution in [3.63, 3.8) is 0 Å². The Morgan fingerprint density at radius 1 is 1.11 bits per heavy atom. The van der Waals surface area contributed by atoms with E-state index in [1.54, 1.807) is 12.1 Å². The van der Waals surface area contributed by atoms with Crippen molar-refractivity contribution in [2.75, 3.05) is 32.7 Å². The summed E-state index contributed by atoms with van der Waals surface area (Å²) in [6, 6.07) is 15.9. The number of halogens is 1. The average molecular weight is 589 g/mol. The molecule has 5 aromatic rings. The number of aryl methyl sites for hydroxylation is 1. The molecular formula is C37H41FN6. The van der Waals surface area contributed by atoms with Gasteiger partial charge in [0.25, 0.3) is 0 Å². The van der Waals surface area contributed by atoms with Crippen LogP contribution in [-0.4, -0.2) is 57.8 Å². The second-order valence-corrected chi connectivity index (χ2v) is 11.6. The van der Waals surface area contributed by atoms with Gasteiger partial charge in [0.15, 0.2) is 5.65 Å². The smallest absolute Gasteiger partial charge is 0.181 e. The van der Waals surface area contributed by atoms with Gasteiger partial charge in [-0.3, -0.25) is 5.10 Å². The van der Waals surface area contributed by atoms with Gasteiger partial charge in [0, 0.05) is 34.6 Å². The van der Waals surface area contributed by atoms with Gasteiger partial charge >= 0.3 is 0 Å². The van der Waals surface area contributed by atoms with Crippen LogP contribution in [0.4, 0.5) is 4.39 Å². The second-order valence-electron chi connectivity index (χ2n) is 11.6. The Morgan fingerprint density at radius 3 is 2.77 bits per heavy atom. The highest BCUT2D eigenvalue weighted by Gasteiger charge is 2.16. The zero-order valence-electron chi connectivity index (χ0n) is 25.7. The monoisotopic (exact) mass is 588 g/mol. The molecular weight excluding hydrogens is 547 g/mol. The number of hydrogen-bond donors (Lipinski definition) is 3. The minimum atomic E-state index is -0.191. The topological polar surface area (TPSA) is 72.6 Å². The first-order chi connectivity index (χ1) is 21.6. The van der Waals surface area contributed by atoms with Crippen molar-refractivity contribution in [3.8, 4) is 22.5 Å². The minimum Gasteiger partial charge on any atom is -0.353 e.